The molecular weight excluding hydrogens is 228 g/mol. The van der Waals surface area contributed by atoms with Crippen molar-refractivity contribution < 1.29 is 10.2 Å². The first-order valence-corrected chi connectivity index (χ1v) is 5.76. The molecule has 4 nitrogen and oxygen atoms in total. The fraction of sp³-hybridized carbons (Fsp3) is 0.143. The Kier molecular flexibility index (Phi) is 2.48. The number of aromatic nitrogens is 1. The largest absolute Gasteiger partial charge is 0.508 e. The van der Waals surface area contributed by atoms with Gasteiger partial charge < -0.3 is 10.2 Å². The quantitative estimate of drug-likeness (QED) is 0.800. The Morgan fingerprint density at radius 2 is 1.83 bits per heavy atom. The second kappa shape index (κ2) is 4.14. The van der Waals surface area contributed by atoms with Gasteiger partial charge in [0.25, 0.3) is 0 Å². The average molecular weight is 240 g/mol. The Hall–Kier alpha value is -2.36. The summed E-state index contributed by atoms with van der Waals surface area (Å²) in [5.41, 5.74) is 3.38. The smallest absolute Gasteiger partial charge is 0.123 e. The monoisotopic (exact) mass is 240 g/mol. The van der Waals surface area contributed by atoms with Gasteiger partial charge in [-0.3, -0.25) is 9.98 Å². The van der Waals surface area contributed by atoms with Crippen LogP contribution in [-0.4, -0.2) is 27.5 Å². The molecule has 0 amide bonds. The minimum Gasteiger partial charge on any atom is -0.508 e. The number of rotatable bonds is 1. The Morgan fingerprint density at radius 1 is 1.06 bits per heavy atom. The van der Waals surface area contributed by atoms with Gasteiger partial charge in [0, 0.05) is 41.7 Å². The Bertz CT molecular complexity index is 621. The summed E-state index contributed by atoms with van der Waals surface area (Å²) in [6, 6.07) is 6.76. The number of hydrogen-bond acceptors (Lipinski definition) is 4. The van der Waals surface area contributed by atoms with E-state index in [4.69, 9.17) is 0 Å². The highest BCUT2D eigenvalue weighted by Gasteiger charge is 2.19. The van der Waals surface area contributed by atoms with Gasteiger partial charge in [-0.1, -0.05) is 0 Å². The molecule has 90 valence electrons. The van der Waals surface area contributed by atoms with Crippen LogP contribution in [0.4, 0.5) is 0 Å². The molecule has 1 aliphatic rings. The van der Waals surface area contributed by atoms with Crippen LogP contribution in [0.25, 0.3) is 0 Å². The molecular formula is C14H12N2O2. The van der Waals surface area contributed by atoms with Crippen LogP contribution in [0, 0.1) is 0 Å². The van der Waals surface area contributed by atoms with E-state index in [1.165, 1.54) is 6.07 Å². The van der Waals surface area contributed by atoms with Gasteiger partial charge in [0.1, 0.15) is 11.5 Å². The van der Waals surface area contributed by atoms with Crippen LogP contribution in [0.2, 0.25) is 0 Å². The zero-order valence-corrected chi connectivity index (χ0v) is 9.67. The first-order chi connectivity index (χ1) is 8.75. The van der Waals surface area contributed by atoms with E-state index in [1.807, 2.05) is 12.1 Å². The SMILES string of the molecule is Oc1cc(O)c2c(c1)C(c1ccncc1)=NCC2. The van der Waals surface area contributed by atoms with Gasteiger partial charge in [-0.15, -0.1) is 0 Å². The van der Waals surface area contributed by atoms with Gasteiger partial charge in [-0.2, -0.15) is 0 Å². The minimum atomic E-state index is 0.0508. The van der Waals surface area contributed by atoms with Crippen LogP contribution in [0.5, 0.6) is 11.5 Å². The van der Waals surface area contributed by atoms with Gasteiger partial charge in [0.15, 0.2) is 0 Å². The maximum Gasteiger partial charge on any atom is 0.123 e. The lowest BCUT2D eigenvalue weighted by Gasteiger charge is -2.18. The van der Waals surface area contributed by atoms with E-state index in [0.717, 1.165) is 22.4 Å². The molecule has 0 atom stereocenters. The number of aliphatic imine (C=N–C) groups is 1. The summed E-state index contributed by atoms with van der Waals surface area (Å²) < 4.78 is 0. The normalized spacial score (nSPS) is 13.9. The molecule has 18 heavy (non-hydrogen) atoms. The summed E-state index contributed by atoms with van der Waals surface area (Å²) in [6.45, 7) is 0.642. The zero-order chi connectivity index (χ0) is 12.5. The topological polar surface area (TPSA) is 65.7 Å². The molecule has 0 saturated carbocycles. The molecule has 2 heterocycles. The van der Waals surface area contributed by atoms with Crippen molar-refractivity contribution in [3.63, 3.8) is 0 Å². The maximum atomic E-state index is 9.87. The average Bonchev–Trinajstić information content (AvgIpc) is 2.39. The van der Waals surface area contributed by atoms with E-state index in [9.17, 15) is 10.2 Å². The highest BCUT2D eigenvalue weighted by atomic mass is 16.3. The predicted octanol–water partition coefficient (Wildman–Crippen LogP) is 1.89. The summed E-state index contributed by atoms with van der Waals surface area (Å²) in [6.07, 6.45) is 4.10. The number of pyridine rings is 1. The van der Waals surface area contributed by atoms with E-state index in [-0.39, 0.29) is 11.5 Å². The van der Waals surface area contributed by atoms with E-state index in [1.54, 1.807) is 18.5 Å². The number of phenols is 2. The number of benzene rings is 1. The Labute approximate surface area is 104 Å². The molecule has 3 rings (SSSR count). The molecule has 0 aliphatic carbocycles. The van der Waals surface area contributed by atoms with Crippen LogP contribution in [0.1, 0.15) is 16.7 Å². The number of aromatic hydroxyl groups is 2. The predicted molar refractivity (Wildman–Crippen MR) is 68.2 cm³/mol. The summed E-state index contributed by atoms with van der Waals surface area (Å²) in [5.74, 6) is 0.182. The van der Waals surface area contributed by atoms with Gasteiger partial charge in [-0.25, -0.2) is 0 Å². The fourth-order valence-corrected chi connectivity index (χ4v) is 2.24. The van der Waals surface area contributed by atoms with Crippen LogP contribution in [0.15, 0.2) is 41.7 Å². The third kappa shape index (κ3) is 1.72. The Balaban J connectivity index is 2.19. The van der Waals surface area contributed by atoms with Crippen LogP contribution < -0.4 is 0 Å². The molecule has 2 aromatic rings. The second-order valence-corrected chi connectivity index (χ2v) is 4.21. The van der Waals surface area contributed by atoms with Crippen molar-refractivity contribution in [1.29, 1.82) is 0 Å². The van der Waals surface area contributed by atoms with Gasteiger partial charge >= 0.3 is 0 Å². The van der Waals surface area contributed by atoms with Gasteiger partial charge in [0.05, 0.1) is 5.71 Å². The molecule has 0 bridgehead atoms. The fourth-order valence-electron chi connectivity index (χ4n) is 2.24. The molecule has 2 N–H and O–H groups in total. The van der Waals surface area contributed by atoms with E-state index >= 15 is 0 Å². The lowest BCUT2D eigenvalue weighted by atomic mass is 9.93. The van der Waals surface area contributed by atoms with E-state index < -0.39 is 0 Å². The summed E-state index contributed by atoms with van der Waals surface area (Å²) in [5, 5.41) is 19.5. The lowest BCUT2D eigenvalue weighted by molar-refractivity contribution is 0.445. The lowest BCUT2D eigenvalue weighted by Crippen LogP contribution is -2.14. The second-order valence-electron chi connectivity index (χ2n) is 4.21. The molecule has 0 spiro atoms. The van der Waals surface area contributed by atoms with Crippen molar-refractivity contribution in [2.75, 3.05) is 6.54 Å². The van der Waals surface area contributed by atoms with Crippen LogP contribution in [-0.2, 0) is 6.42 Å². The zero-order valence-electron chi connectivity index (χ0n) is 9.67. The summed E-state index contributed by atoms with van der Waals surface area (Å²) in [4.78, 5) is 8.47. The number of phenolic OH excluding ortho intramolecular Hbond substituents is 2. The number of fused-ring (bicyclic) bond motifs is 1. The first-order valence-electron chi connectivity index (χ1n) is 5.76. The van der Waals surface area contributed by atoms with Crippen molar-refractivity contribution in [1.82, 2.24) is 4.98 Å². The number of hydrogen-bond donors (Lipinski definition) is 2. The third-order valence-corrected chi connectivity index (χ3v) is 3.05. The van der Waals surface area contributed by atoms with Crippen LogP contribution >= 0.6 is 0 Å². The minimum absolute atomic E-state index is 0.0508. The van der Waals surface area contributed by atoms with Crippen molar-refractivity contribution in [3.8, 4) is 11.5 Å². The highest BCUT2D eigenvalue weighted by molar-refractivity contribution is 6.14. The number of nitrogens with zero attached hydrogens (tertiary/aromatic N) is 2. The molecule has 0 radical (unpaired) electrons. The first kappa shape index (κ1) is 10.8. The van der Waals surface area contributed by atoms with Gasteiger partial charge in [-0.05, 0) is 24.6 Å². The molecule has 1 aromatic heterocycles. The summed E-state index contributed by atoms with van der Waals surface area (Å²) in [7, 11) is 0. The van der Waals surface area contributed by atoms with E-state index in [0.29, 0.717) is 13.0 Å². The highest BCUT2D eigenvalue weighted by Crippen LogP contribution is 2.31. The van der Waals surface area contributed by atoms with Crippen molar-refractivity contribution in [2.24, 2.45) is 4.99 Å². The maximum absolute atomic E-state index is 9.87. The molecule has 1 aliphatic heterocycles. The molecule has 0 saturated heterocycles. The van der Waals surface area contributed by atoms with Crippen molar-refractivity contribution in [2.45, 2.75) is 6.42 Å². The third-order valence-electron chi connectivity index (χ3n) is 3.05. The molecule has 0 unspecified atom stereocenters. The molecule has 1 aromatic carbocycles. The van der Waals surface area contributed by atoms with Gasteiger partial charge in [0.2, 0.25) is 0 Å². The molecule has 4 heteroatoms. The van der Waals surface area contributed by atoms with Crippen molar-refractivity contribution >= 4 is 5.71 Å². The Morgan fingerprint density at radius 3 is 2.61 bits per heavy atom. The summed E-state index contributed by atoms with van der Waals surface area (Å²) >= 11 is 0. The van der Waals surface area contributed by atoms with E-state index in [2.05, 4.69) is 9.98 Å². The standard InChI is InChI=1S/C14H12N2O2/c17-10-7-12-11(13(18)8-10)3-6-16-14(12)9-1-4-15-5-2-9/h1-2,4-5,7-8,17-18H,3,6H2. The molecule has 0 fully saturated rings. The van der Waals surface area contributed by atoms with Crippen LogP contribution in [0.3, 0.4) is 0 Å². The van der Waals surface area contributed by atoms with Crippen molar-refractivity contribution in [3.05, 3.63) is 53.3 Å².